The van der Waals surface area contributed by atoms with Crippen LogP contribution < -0.4 is 10.8 Å². The Morgan fingerprint density at radius 3 is 2.09 bits per heavy atom. The van der Waals surface area contributed by atoms with E-state index in [1.54, 1.807) is 17.6 Å². The fraction of sp³-hybridized carbons (Fsp3) is 0.375. The van der Waals surface area contributed by atoms with Crippen molar-refractivity contribution >= 4 is 21.6 Å². The van der Waals surface area contributed by atoms with Gasteiger partial charge in [0, 0.05) is 24.5 Å². The summed E-state index contributed by atoms with van der Waals surface area (Å²) in [4.78, 5) is 14.1. The summed E-state index contributed by atoms with van der Waals surface area (Å²) in [6.45, 7) is 2.39. The lowest BCUT2D eigenvalue weighted by Gasteiger charge is -2.30. The Kier molecular flexibility index (Phi) is 7.02. The first kappa shape index (κ1) is 23.3. The smallest absolute Gasteiger partial charge is 0.263 e. The van der Waals surface area contributed by atoms with Crippen molar-refractivity contribution in [1.82, 2.24) is 14.7 Å². The Hall–Kier alpha value is -2.88. The Morgan fingerprint density at radius 2 is 1.55 bits per heavy atom. The van der Waals surface area contributed by atoms with Gasteiger partial charge in [0.05, 0.1) is 10.8 Å². The highest BCUT2D eigenvalue weighted by molar-refractivity contribution is 7.89. The summed E-state index contributed by atoms with van der Waals surface area (Å²) in [5.41, 5.74) is 4.65. The lowest BCUT2D eigenvalue weighted by atomic mass is 10.0. The standard InChI is InChI=1S/C24H30N4O4S/c1-27-14-12-22(13-15-27)25-21-6-2-18(3-7-21)19-4-8-23(9-5-19)33(31,32)28-16-10-20(11-17-28)24(29)26-30/h2-10,16,20,22,25,30H,11-15,17H2,1H3,(H,26,29). The molecule has 0 spiro atoms. The minimum atomic E-state index is -3.71. The quantitative estimate of drug-likeness (QED) is 0.443. The van der Waals surface area contributed by atoms with Gasteiger partial charge in [-0.1, -0.05) is 30.3 Å². The number of nitrogens with zero attached hydrogens (tertiary/aromatic N) is 2. The molecule has 1 unspecified atom stereocenters. The number of likely N-dealkylation sites (tertiary alicyclic amines) is 1. The zero-order chi connectivity index (χ0) is 23.4. The molecule has 0 bridgehead atoms. The highest BCUT2D eigenvalue weighted by Crippen LogP contribution is 2.27. The number of anilines is 1. The molecule has 2 aromatic carbocycles. The molecule has 2 aromatic rings. The van der Waals surface area contributed by atoms with E-state index < -0.39 is 21.8 Å². The van der Waals surface area contributed by atoms with Crippen molar-refractivity contribution in [2.75, 3.05) is 32.0 Å². The molecule has 0 saturated carbocycles. The van der Waals surface area contributed by atoms with Gasteiger partial charge >= 0.3 is 0 Å². The van der Waals surface area contributed by atoms with Gasteiger partial charge in [-0.2, -0.15) is 0 Å². The summed E-state index contributed by atoms with van der Waals surface area (Å²) >= 11 is 0. The molecule has 1 saturated heterocycles. The minimum Gasteiger partial charge on any atom is -0.382 e. The number of hydroxylamine groups is 1. The lowest BCUT2D eigenvalue weighted by molar-refractivity contribution is -0.132. The molecular weight excluding hydrogens is 440 g/mol. The van der Waals surface area contributed by atoms with Gasteiger partial charge in [0.1, 0.15) is 0 Å². The Balaban J connectivity index is 1.41. The maximum atomic E-state index is 12.9. The largest absolute Gasteiger partial charge is 0.382 e. The van der Waals surface area contributed by atoms with E-state index in [1.807, 2.05) is 24.3 Å². The third-order valence-corrected chi connectivity index (χ3v) is 8.15. The van der Waals surface area contributed by atoms with Gasteiger partial charge in [-0.05, 0) is 74.8 Å². The molecular formula is C24H30N4O4S. The molecule has 1 amide bonds. The van der Waals surface area contributed by atoms with Crippen molar-refractivity contribution in [2.45, 2.75) is 30.2 Å². The second-order valence-corrected chi connectivity index (χ2v) is 10.5. The predicted octanol–water partition coefficient (Wildman–Crippen LogP) is 2.89. The predicted molar refractivity (Wildman–Crippen MR) is 127 cm³/mol. The van der Waals surface area contributed by atoms with Gasteiger partial charge in [0.25, 0.3) is 10.0 Å². The zero-order valence-electron chi connectivity index (χ0n) is 18.6. The summed E-state index contributed by atoms with van der Waals surface area (Å²) in [6.07, 6.45) is 5.45. The van der Waals surface area contributed by atoms with Gasteiger partial charge in [0.15, 0.2) is 0 Å². The van der Waals surface area contributed by atoms with Crippen molar-refractivity contribution in [3.05, 3.63) is 60.8 Å². The first-order valence-electron chi connectivity index (χ1n) is 11.2. The van der Waals surface area contributed by atoms with Crippen LogP contribution in [0.5, 0.6) is 0 Å². The number of hydrogen-bond donors (Lipinski definition) is 3. The first-order valence-corrected chi connectivity index (χ1v) is 12.6. The maximum absolute atomic E-state index is 12.9. The van der Waals surface area contributed by atoms with Gasteiger partial charge in [-0.15, -0.1) is 0 Å². The fourth-order valence-electron chi connectivity index (χ4n) is 4.24. The van der Waals surface area contributed by atoms with Crippen LogP contribution in [0, 0.1) is 5.92 Å². The van der Waals surface area contributed by atoms with Gasteiger partial charge in [-0.25, -0.2) is 13.9 Å². The molecule has 0 radical (unpaired) electrons. The van der Waals surface area contributed by atoms with Crippen molar-refractivity contribution in [2.24, 2.45) is 5.92 Å². The van der Waals surface area contributed by atoms with Gasteiger partial charge in [-0.3, -0.25) is 14.3 Å². The van der Waals surface area contributed by atoms with E-state index in [2.05, 4.69) is 29.4 Å². The summed E-state index contributed by atoms with van der Waals surface area (Å²) in [6, 6.07) is 15.5. The Morgan fingerprint density at radius 1 is 0.939 bits per heavy atom. The number of amides is 1. The number of carbonyl (C=O) groups is 1. The molecule has 0 aromatic heterocycles. The van der Waals surface area contributed by atoms with Crippen LogP contribution in [0.4, 0.5) is 5.69 Å². The third-order valence-electron chi connectivity index (χ3n) is 6.36. The molecule has 1 fully saturated rings. The topological polar surface area (TPSA) is 102 Å². The van der Waals surface area contributed by atoms with Gasteiger partial charge < -0.3 is 10.2 Å². The van der Waals surface area contributed by atoms with Crippen LogP contribution in [-0.2, 0) is 14.8 Å². The number of benzene rings is 2. The van der Waals surface area contributed by atoms with E-state index in [1.165, 1.54) is 16.6 Å². The van der Waals surface area contributed by atoms with Crippen LogP contribution in [0.2, 0.25) is 0 Å². The molecule has 2 aliphatic heterocycles. The molecule has 33 heavy (non-hydrogen) atoms. The van der Waals surface area contributed by atoms with Crippen LogP contribution in [0.1, 0.15) is 19.3 Å². The molecule has 1 atom stereocenters. The number of piperidine rings is 1. The summed E-state index contributed by atoms with van der Waals surface area (Å²) in [7, 11) is -1.55. The van der Waals surface area contributed by atoms with E-state index in [9.17, 15) is 13.2 Å². The molecule has 2 aliphatic rings. The SMILES string of the molecule is CN1CCC(Nc2ccc(-c3ccc(S(=O)(=O)N4C=CC(C(=O)NO)CC4)cc3)cc2)CC1. The molecule has 0 aliphatic carbocycles. The Bertz CT molecular complexity index is 1090. The van der Waals surface area contributed by atoms with Crippen molar-refractivity contribution in [3.8, 4) is 11.1 Å². The number of hydrogen-bond acceptors (Lipinski definition) is 6. The normalized spacial score (nSPS) is 19.9. The minimum absolute atomic E-state index is 0.171. The van der Waals surface area contributed by atoms with Crippen LogP contribution in [0.15, 0.2) is 65.7 Å². The Labute approximate surface area is 194 Å². The maximum Gasteiger partial charge on any atom is 0.263 e. The van der Waals surface area contributed by atoms with E-state index in [0.717, 1.165) is 42.7 Å². The third kappa shape index (κ3) is 5.38. The zero-order valence-corrected chi connectivity index (χ0v) is 19.5. The monoisotopic (exact) mass is 470 g/mol. The van der Waals surface area contributed by atoms with E-state index in [0.29, 0.717) is 12.5 Å². The summed E-state index contributed by atoms with van der Waals surface area (Å²) < 4.78 is 27.1. The van der Waals surface area contributed by atoms with Crippen LogP contribution in [0.3, 0.4) is 0 Å². The second-order valence-electron chi connectivity index (χ2n) is 8.65. The summed E-state index contributed by atoms with van der Waals surface area (Å²) in [5.74, 6) is -1.08. The number of nitrogens with one attached hydrogen (secondary N) is 2. The average Bonchev–Trinajstić information content (AvgIpc) is 2.85. The molecule has 8 nitrogen and oxygen atoms in total. The van der Waals surface area contributed by atoms with Gasteiger partial charge in [0.2, 0.25) is 5.91 Å². The molecule has 9 heteroatoms. The van der Waals surface area contributed by atoms with E-state index in [-0.39, 0.29) is 11.4 Å². The van der Waals surface area contributed by atoms with Crippen molar-refractivity contribution in [3.63, 3.8) is 0 Å². The molecule has 3 N–H and O–H groups in total. The van der Waals surface area contributed by atoms with Crippen molar-refractivity contribution < 1.29 is 18.4 Å². The van der Waals surface area contributed by atoms with Crippen LogP contribution in [-0.4, -0.2) is 61.5 Å². The second kappa shape index (κ2) is 9.94. The molecule has 176 valence electrons. The van der Waals surface area contributed by atoms with Crippen LogP contribution >= 0.6 is 0 Å². The number of sulfonamides is 1. The highest BCUT2D eigenvalue weighted by Gasteiger charge is 2.27. The number of carbonyl (C=O) groups excluding carboxylic acids is 1. The number of rotatable bonds is 6. The fourth-order valence-corrected chi connectivity index (χ4v) is 5.57. The van der Waals surface area contributed by atoms with E-state index >= 15 is 0 Å². The average molecular weight is 471 g/mol. The van der Waals surface area contributed by atoms with Crippen LogP contribution in [0.25, 0.3) is 11.1 Å². The molecule has 4 rings (SSSR count). The first-order chi connectivity index (χ1) is 15.9. The lowest BCUT2D eigenvalue weighted by Crippen LogP contribution is -2.36. The summed E-state index contributed by atoms with van der Waals surface area (Å²) in [5, 5.41) is 12.3. The highest BCUT2D eigenvalue weighted by atomic mass is 32.2. The van der Waals surface area contributed by atoms with Crippen molar-refractivity contribution in [1.29, 1.82) is 0 Å². The molecule has 2 heterocycles. The van der Waals surface area contributed by atoms with E-state index in [4.69, 9.17) is 5.21 Å².